The van der Waals surface area contributed by atoms with Crippen LogP contribution in [0.25, 0.3) is 10.8 Å². The van der Waals surface area contributed by atoms with E-state index in [1.54, 1.807) is 0 Å². The normalized spacial score (nSPS) is 21.0. The molecule has 2 atom stereocenters. The summed E-state index contributed by atoms with van der Waals surface area (Å²) in [6.07, 6.45) is 2.69. The van der Waals surface area contributed by atoms with Gasteiger partial charge in [0, 0.05) is 18.6 Å². The van der Waals surface area contributed by atoms with Gasteiger partial charge in [0.15, 0.2) is 0 Å². The van der Waals surface area contributed by atoms with Crippen LogP contribution in [0.1, 0.15) is 38.3 Å². The summed E-state index contributed by atoms with van der Waals surface area (Å²) in [4.78, 5) is 2.63. The summed E-state index contributed by atoms with van der Waals surface area (Å²) in [7, 11) is 0. The minimum atomic E-state index is 0.431. The Morgan fingerprint density at radius 3 is 2.71 bits per heavy atom. The van der Waals surface area contributed by atoms with Crippen molar-refractivity contribution in [3.63, 3.8) is 0 Å². The molecule has 0 spiro atoms. The van der Waals surface area contributed by atoms with Crippen molar-refractivity contribution in [1.29, 1.82) is 0 Å². The van der Waals surface area contributed by atoms with Gasteiger partial charge >= 0.3 is 0 Å². The van der Waals surface area contributed by atoms with Crippen molar-refractivity contribution >= 4 is 10.8 Å². The molecule has 0 bridgehead atoms. The molecular weight excluding hydrogens is 256 g/mol. The summed E-state index contributed by atoms with van der Waals surface area (Å²) in [5, 5.41) is 6.33. The molecule has 1 heterocycles. The van der Waals surface area contributed by atoms with Gasteiger partial charge in [0.2, 0.25) is 0 Å². The Hall–Kier alpha value is -1.38. The van der Waals surface area contributed by atoms with Crippen LogP contribution in [0, 0.1) is 0 Å². The quantitative estimate of drug-likeness (QED) is 0.892. The number of likely N-dealkylation sites (N-methyl/N-ethyl adjacent to an activating group) is 1. The van der Waals surface area contributed by atoms with E-state index in [0.717, 1.165) is 19.1 Å². The lowest BCUT2D eigenvalue weighted by atomic mass is 10.0. The first-order chi connectivity index (χ1) is 10.3. The molecule has 0 aromatic heterocycles. The van der Waals surface area contributed by atoms with Crippen LogP contribution >= 0.6 is 0 Å². The molecule has 112 valence electrons. The third-order valence-electron chi connectivity index (χ3n) is 4.73. The minimum Gasteiger partial charge on any atom is -0.309 e. The molecule has 21 heavy (non-hydrogen) atoms. The number of fused-ring (bicyclic) bond motifs is 1. The molecule has 0 radical (unpaired) electrons. The lowest BCUT2D eigenvalue weighted by molar-refractivity contribution is 0.238. The van der Waals surface area contributed by atoms with Crippen molar-refractivity contribution in [3.8, 4) is 0 Å². The molecule has 0 saturated carbocycles. The van der Waals surface area contributed by atoms with Gasteiger partial charge in [-0.2, -0.15) is 0 Å². The fourth-order valence-electron chi connectivity index (χ4n) is 3.46. The van der Waals surface area contributed by atoms with E-state index in [0.29, 0.717) is 6.04 Å². The van der Waals surface area contributed by atoms with Crippen LogP contribution in [-0.2, 0) is 0 Å². The van der Waals surface area contributed by atoms with Gasteiger partial charge in [0.1, 0.15) is 0 Å². The molecule has 2 nitrogen and oxygen atoms in total. The smallest absolute Gasteiger partial charge is 0.0449 e. The van der Waals surface area contributed by atoms with Gasteiger partial charge in [-0.05, 0) is 55.3 Å². The third-order valence-corrected chi connectivity index (χ3v) is 4.73. The van der Waals surface area contributed by atoms with Crippen molar-refractivity contribution in [3.05, 3.63) is 48.0 Å². The number of nitrogens with zero attached hydrogens (tertiary/aromatic N) is 1. The molecule has 1 fully saturated rings. The highest BCUT2D eigenvalue weighted by Crippen LogP contribution is 2.24. The van der Waals surface area contributed by atoms with Gasteiger partial charge in [-0.3, -0.25) is 4.90 Å². The van der Waals surface area contributed by atoms with E-state index < -0.39 is 0 Å². The molecule has 0 aliphatic carbocycles. The second-order valence-corrected chi connectivity index (χ2v) is 6.20. The molecule has 2 aromatic carbocycles. The lowest BCUT2D eigenvalue weighted by Gasteiger charge is -2.28. The largest absolute Gasteiger partial charge is 0.309 e. The maximum atomic E-state index is 3.67. The van der Waals surface area contributed by atoms with Gasteiger partial charge in [0.25, 0.3) is 0 Å². The molecule has 0 amide bonds. The zero-order chi connectivity index (χ0) is 14.7. The van der Waals surface area contributed by atoms with Crippen LogP contribution in [0.3, 0.4) is 0 Å². The van der Waals surface area contributed by atoms with Gasteiger partial charge < -0.3 is 5.32 Å². The number of benzene rings is 2. The molecule has 1 N–H and O–H groups in total. The van der Waals surface area contributed by atoms with Crippen molar-refractivity contribution in [1.82, 2.24) is 10.2 Å². The predicted molar refractivity (Wildman–Crippen MR) is 90.6 cm³/mol. The van der Waals surface area contributed by atoms with E-state index in [2.05, 4.69) is 66.5 Å². The average molecular weight is 282 g/mol. The van der Waals surface area contributed by atoms with Crippen LogP contribution in [0.2, 0.25) is 0 Å². The highest BCUT2D eigenvalue weighted by Gasteiger charge is 2.23. The highest BCUT2D eigenvalue weighted by atomic mass is 15.2. The topological polar surface area (TPSA) is 15.3 Å². The summed E-state index contributed by atoms with van der Waals surface area (Å²) in [6.45, 7) is 7.93. The molecule has 1 aliphatic heterocycles. The van der Waals surface area contributed by atoms with E-state index in [1.165, 1.54) is 35.7 Å². The summed E-state index contributed by atoms with van der Waals surface area (Å²) in [5.74, 6) is 0. The SMILES string of the molecule is CCNC(CN1CCCC1C)c1ccc2ccccc2c1. The lowest BCUT2D eigenvalue weighted by Crippen LogP contribution is -2.37. The number of rotatable bonds is 5. The van der Waals surface area contributed by atoms with Crippen molar-refractivity contribution in [2.75, 3.05) is 19.6 Å². The van der Waals surface area contributed by atoms with E-state index >= 15 is 0 Å². The third kappa shape index (κ3) is 3.28. The number of nitrogens with one attached hydrogen (secondary N) is 1. The highest BCUT2D eigenvalue weighted by molar-refractivity contribution is 5.83. The van der Waals surface area contributed by atoms with Crippen LogP contribution in [0.4, 0.5) is 0 Å². The fraction of sp³-hybridized carbons (Fsp3) is 0.474. The zero-order valence-electron chi connectivity index (χ0n) is 13.2. The van der Waals surface area contributed by atoms with E-state index in [9.17, 15) is 0 Å². The molecule has 1 saturated heterocycles. The summed E-state index contributed by atoms with van der Waals surface area (Å²) < 4.78 is 0. The Morgan fingerprint density at radius 1 is 1.19 bits per heavy atom. The zero-order valence-corrected chi connectivity index (χ0v) is 13.2. The predicted octanol–water partition coefficient (Wildman–Crippen LogP) is 3.97. The monoisotopic (exact) mass is 282 g/mol. The first-order valence-electron chi connectivity index (χ1n) is 8.24. The summed E-state index contributed by atoms with van der Waals surface area (Å²) >= 11 is 0. The van der Waals surface area contributed by atoms with Crippen LogP contribution in [0.15, 0.2) is 42.5 Å². The van der Waals surface area contributed by atoms with Crippen molar-refractivity contribution in [2.45, 2.75) is 38.8 Å². The maximum Gasteiger partial charge on any atom is 0.0449 e. The van der Waals surface area contributed by atoms with Gasteiger partial charge in [-0.25, -0.2) is 0 Å². The second-order valence-electron chi connectivity index (χ2n) is 6.20. The first-order valence-corrected chi connectivity index (χ1v) is 8.24. The Bertz CT molecular complexity index is 593. The average Bonchev–Trinajstić information content (AvgIpc) is 2.91. The molecule has 3 rings (SSSR count). The number of hydrogen-bond acceptors (Lipinski definition) is 2. The van der Waals surface area contributed by atoms with Crippen LogP contribution in [-0.4, -0.2) is 30.6 Å². The van der Waals surface area contributed by atoms with E-state index in [-0.39, 0.29) is 0 Å². The van der Waals surface area contributed by atoms with Gasteiger partial charge in [-0.15, -0.1) is 0 Å². The molecule has 1 aliphatic rings. The van der Waals surface area contributed by atoms with E-state index in [4.69, 9.17) is 0 Å². The molecular formula is C19H26N2. The Morgan fingerprint density at radius 2 is 2.00 bits per heavy atom. The van der Waals surface area contributed by atoms with Crippen molar-refractivity contribution < 1.29 is 0 Å². The van der Waals surface area contributed by atoms with Crippen LogP contribution < -0.4 is 5.32 Å². The maximum absolute atomic E-state index is 3.67. The Labute approximate surface area is 128 Å². The summed E-state index contributed by atoms with van der Waals surface area (Å²) in [6, 6.07) is 16.7. The molecule has 2 heteroatoms. The summed E-state index contributed by atoms with van der Waals surface area (Å²) in [5.41, 5.74) is 1.41. The van der Waals surface area contributed by atoms with Crippen molar-refractivity contribution in [2.24, 2.45) is 0 Å². The number of likely N-dealkylation sites (tertiary alicyclic amines) is 1. The van der Waals surface area contributed by atoms with Gasteiger partial charge in [0.05, 0.1) is 0 Å². The fourth-order valence-corrected chi connectivity index (χ4v) is 3.46. The number of hydrogen-bond donors (Lipinski definition) is 1. The van der Waals surface area contributed by atoms with E-state index in [1.807, 2.05) is 0 Å². The standard InChI is InChI=1S/C19H26N2/c1-3-20-19(14-21-12-6-7-15(21)2)18-11-10-16-8-4-5-9-17(16)13-18/h4-5,8-11,13,15,19-20H,3,6-7,12,14H2,1-2H3. The first kappa shape index (κ1) is 14.6. The Kier molecular flexibility index (Phi) is 4.57. The molecule has 2 unspecified atom stereocenters. The second kappa shape index (κ2) is 6.59. The van der Waals surface area contributed by atoms with Gasteiger partial charge in [-0.1, -0.05) is 43.3 Å². The Balaban J connectivity index is 1.84. The minimum absolute atomic E-state index is 0.431. The van der Waals surface area contributed by atoms with Crippen LogP contribution in [0.5, 0.6) is 0 Å². The molecule has 2 aromatic rings.